The van der Waals surface area contributed by atoms with E-state index in [0.29, 0.717) is 21.8 Å². The minimum absolute atomic E-state index is 0.0475. The van der Waals surface area contributed by atoms with Gasteiger partial charge in [-0.15, -0.1) is 0 Å². The summed E-state index contributed by atoms with van der Waals surface area (Å²) in [6.07, 6.45) is 0. The number of non-ortho nitro benzene ring substituents is 1. The maximum absolute atomic E-state index is 13.4. The lowest BCUT2D eigenvalue weighted by atomic mass is 10.1. The maximum atomic E-state index is 13.4. The van der Waals surface area contributed by atoms with E-state index >= 15 is 0 Å². The van der Waals surface area contributed by atoms with Crippen LogP contribution in [-0.4, -0.2) is 14.5 Å². The topological polar surface area (TPSA) is 78.0 Å². The van der Waals surface area contributed by atoms with Crippen LogP contribution in [0.1, 0.15) is 16.7 Å². The second kappa shape index (κ2) is 8.12. The molecule has 4 rings (SSSR count). The molecule has 3 aromatic carbocycles. The molecule has 0 N–H and O–H groups in total. The highest BCUT2D eigenvalue weighted by molar-refractivity contribution is 7.98. The molecular weight excluding hydrogens is 398 g/mol. The Labute approximate surface area is 177 Å². The highest BCUT2D eigenvalue weighted by atomic mass is 32.2. The van der Waals surface area contributed by atoms with Crippen molar-refractivity contribution in [2.24, 2.45) is 0 Å². The minimum Gasteiger partial charge on any atom is -0.268 e. The molecule has 150 valence electrons. The van der Waals surface area contributed by atoms with E-state index in [9.17, 15) is 14.9 Å². The Bertz CT molecular complexity index is 1330. The van der Waals surface area contributed by atoms with E-state index in [2.05, 4.69) is 0 Å². The highest BCUT2D eigenvalue weighted by Gasteiger charge is 2.15. The van der Waals surface area contributed by atoms with Gasteiger partial charge in [0.2, 0.25) is 0 Å². The quantitative estimate of drug-likeness (QED) is 0.193. The van der Waals surface area contributed by atoms with Crippen molar-refractivity contribution < 1.29 is 4.92 Å². The van der Waals surface area contributed by atoms with Crippen molar-refractivity contribution in [1.82, 2.24) is 9.55 Å². The van der Waals surface area contributed by atoms with Crippen molar-refractivity contribution >= 4 is 28.4 Å². The first kappa shape index (κ1) is 19.8. The summed E-state index contributed by atoms with van der Waals surface area (Å²) in [6, 6.07) is 19.7. The summed E-state index contributed by atoms with van der Waals surface area (Å²) < 4.78 is 1.64. The lowest BCUT2D eigenvalue weighted by Gasteiger charge is -2.15. The van der Waals surface area contributed by atoms with Crippen LogP contribution in [-0.2, 0) is 5.75 Å². The maximum Gasteiger partial charge on any atom is 0.269 e. The molecule has 1 heterocycles. The highest BCUT2D eigenvalue weighted by Crippen LogP contribution is 2.27. The summed E-state index contributed by atoms with van der Waals surface area (Å²) in [5.41, 5.74) is 4.22. The zero-order valence-electron chi connectivity index (χ0n) is 16.5. The first-order chi connectivity index (χ1) is 14.4. The molecule has 0 aliphatic rings. The number of hydrogen-bond donors (Lipinski definition) is 0. The van der Waals surface area contributed by atoms with Crippen LogP contribution in [0.15, 0.2) is 76.7 Å². The number of aryl methyl sites for hydroxylation is 2. The van der Waals surface area contributed by atoms with Gasteiger partial charge in [-0.05, 0) is 43.2 Å². The van der Waals surface area contributed by atoms with Crippen LogP contribution in [0.4, 0.5) is 5.69 Å². The van der Waals surface area contributed by atoms with E-state index in [4.69, 9.17) is 4.98 Å². The summed E-state index contributed by atoms with van der Waals surface area (Å²) in [5, 5.41) is 12.2. The molecule has 0 radical (unpaired) electrons. The van der Waals surface area contributed by atoms with Gasteiger partial charge >= 0.3 is 0 Å². The molecule has 0 bridgehead atoms. The molecule has 0 aliphatic carbocycles. The SMILES string of the molecule is Cc1ccc(-n2c(SCc3cccc([N+](=O)[O-])c3)nc3ccccc3c2=O)c(C)c1. The molecule has 0 atom stereocenters. The van der Waals surface area contributed by atoms with Crippen LogP contribution in [0.25, 0.3) is 16.6 Å². The number of para-hydroxylation sites is 1. The molecule has 0 amide bonds. The van der Waals surface area contributed by atoms with Crippen molar-refractivity contribution in [2.45, 2.75) is 24.8 Å². The van der Waals surface area contributed by atoms with Gasteiger partial charge in [0.25, 0.3) is 11.2 Å². The van der Waals surface area contributed by atoms with Gasteiger partial charge in [-0.1, -0.05) is 53.7 Å². The second-order valence-corrected chi connectivity index (χ2v) is 8.00. The van der Waals surface area contributed by atoms with Gasteiger partial charge in [0.05, 0.1) is 21.5 Å². The van der Waals surface area contributed by atoms with Gasteiger partial charge in [-0.25, -0.2) is 4.98 Å². The number of aromatic nitrogens is 2. The number of nitrogens with zero attached hydrogens (tertiary/aromatic N) is 3. The zero-order chi connectivity index (χ0) is 21.3. The third-order valence-electron chi connectivity index (χ3n) is 4.83. The van der Waals surface area contributed by atoms with Crippen LogP contribution in [0.3, 0.4) is 0 Å². The second-order valence-electron chi connectivity index (χ2n) is 7.06. The Kier molecular flexibility index (Phi) is 5.37. The summed E-state index contributed by atoms with van der Waals surface area (Å²) in [4.78, 5) is 28.8. The van der Waals surface area contributed by atoms with Gasteiger partial charge < -0.3 is 0 Å². The monoisotopic (exact) mass is 417 g/mol. The number of benzene rings is 3. The van der Waals surface area contributed by atoms with Crippen molar-refractivity contribution in [3.63, 3.8) is 0 Å². The summed E-state index contributed by atoms with van der Waals surface area (Å²) in [6.45, 7) is 3.98. The number of nitro benzene ring substituents is 1. The number of nitro groups is 1. The van der Waals surface area contributed by atoms with Crippen LogP contribution >= 0.6 is 11.8 Å². The van der Waals surface area contributed by atoms with E-state index in [1.54, 1.807) is 22.8 Å². The van der Waals surface area contributed by atoms with Crippen molar-refractivity contribution in [1.29, 1.82) is 0 Å². The summed E-state index contributed by atoms with van der Waals surface area (Å²) >= 11 is 1.39. The molecule has 0 saturated carbocycles. The number of fused-ring (bicyclic) bond motifs is 1. The largest absolute Gasteiger partial charge is 0.269 e. The van der Waals surface area contributed by atoms with Crippen LogP contribution in [0.2, 0.25) is 0 Å². The zero-order valence-corrected chi connectivity index (χ0v) is 17.3. The molecule has 30 heavy (non-hydrogen) atoms. The Balaban J connectivity index is 1.83. The number of thioether (sulfide) groups is 1. The fraction of sp³-hybridized carbons (Fsp3) is 0.130. The lowest BCUT2D eigenvalue weighted by Crippen LogP contribution is -2.22. The van der Waals surface area contributed by atoms with E-state index in [1.165, 1.54) is 17.8 Å². The van der Waals surface area contributed by atoms with Crippen molar-refractivity contribution in [2.75, 3.05) is 0 Å². The predicted molar refractivity (Wildman–Crippen MR) is 119 cm³/mol. The molecule has 0 fully saturated rings. The average molecular weight is 417 g/mol. The van der Waals surface area contributed by atoms with Gasteiger partial charge in [0.15, 0.2) is 5.16 Å². The van der Waals surface area contributed by atoms with E-state index in [0.717, 1.165) is 22.4 Å². The fourth-order valence-corrected chi connectivity index (χ4v) is 4.33. The van der Waals surface area contributed by atoms with E-state index in [1.807, 2.05) is 56.3 Å². The van der Waals surface area contributed by atoms with E-state index in [-0.39, 0.29) is 11.2 Å². The molecule has 1 aromatic heterocycles. The molecule has 6 nitrogen and oxygen atoms in total. The Morgan fingerprint density at radius 2 is 1.83 bits per heavy atom. The smallest absolute Gasteiger partial charge is 0.268 e. The molecule has 0 unspecified atom stereocenters. The third kappa shape index (κ3) is 3.84. The Morgan fingerprint density at radius 1 is 1.03 bits per heavy atom. The number of hydrogen-bond acceptors (Lipinski definition) is 5. The van der Waals surface area contributed by atoms with Crippen LogP contribution < -0.4 is 5.56 Å². The van der Waals surface area contributed by atoms with Crippen molar-refractivity contribution in [3.05, 3.63) is 104 Å². The molecule has 0 aliphatic heterocycles. The van der Waals surface area contributed by atoms with Gasteiger partial charge in [-0.2, -0.15) is 0 Å². The van der Waals surface area contributed by atoms with Gasteiger partial charge in [-0.3, -0.25) is 19.5 Å². The Morgan fingerprint density at radius 3 is 2.60 bits per heavy atom. The standard InChI is InChI=1S/C23H19N3O3S/c1-15-10-11-21(16(2)12-15)25-22(27)19-8-3-4-9-20(19)24-23(25)30-14-17-6-5-7-18(13-17)26(28)29/h3-13H,14H2,1-2H3. The average Bonchev–Trinajstić information content (AvgIpc) is 2.73. The first-order valence-corrected chi connectivity index (χ1v) is 10.4. The Hall–Kier alpha value is -3.45. The summed E-state index contributed by atoms with van der Waals surface area (Å²) in [7, 11) is 0. The number of rotatable bonds is 5. The molecule has 4 aromatic rings. The van der Waals surface area contributed by atoms with Crippen LogP contribution in [0.5, 0.6) is 0 Å². The minimum atomic E-state index is -0.409. The van der Waals surface area contributed by atoms with Gasteiger partial charge in [0.1, 0.15) is 0 Å². The van der Waals surface area contributed by atoms with Crippen molar-refractivity contribution in [3.8, 4) is 5.69 Å². The normalized spacial score (nSPS) is 11.0. The molecular formula is C23H19N3O3S. The van der Waals surface area contributed by atoms with E-state index < -0.39 is 4.92 Å². The third-order valence-corrected chi connectivity index (χ3v) is 5.84. The fourth-order valence-electron chi connectivity index (χ4n) is 3.39. The van der Waals surface area contributed by atoms with Gasteiger partial charge in [0, 0.05) is 17.9 Å². The lowest BCUT2D eigenvalue weighted by molar-refractivity contribution is -0.384. The molecule has 0 saturated heterocycles. The molecule has 7 heteroatoms. The molecule has 0 spiro atoms. The summed E-state index contributed by atoms with van der Waals surface area (Å²) in [5.74, 6) is 0.456. The predicted octanol–water partition coefficient (Wildman–Crippen LogP) is 5.20. The first-order valence-electron chi connectivity index (χ1n) is 9.39. The van der Waals surface area contributed by atoms with Crippen LogP contribution in [0, 0.1) is 24.0 Å².